The van der Waals surface area contributed by atoms with Crippen LogP contribution in [-0.2, 0) is 28.6 Å². The van der Waals surface area contributed by atoms with E-state index in [0.29, 0.717) is 5.56 Å². The quantitative estimate of drug-likeness (QED) is 0.191. The molecule has 13 heteroatoms. The van der Waals surface area contributed by atoms with Crippen LogP contribution in [0.15, 0.2) is 34.7 Å². The molecule has 0 saturated heterocycles. The summed E-state index contributed by atoms with van der Waals surface area (Å²) < 4.78 is 21.2. The second kappa shape index (κ2) is 8.21. The predicted molar refractivity (Wildman–Crippen MR) is 137 cm³/mol. The first-order valence-corrected chi connectivity index (χ1v) is 13.8. The molecule has 4 fully saturated rings. The molecule has 2 heterocycles. The molecule has 6 rings (SSSR count). The normalized spacial score (nSPS) is 52.1. The summed E-state index contributed by atoms with van der Waals surface area (Å²) in [6, 6.07) is 1.49. The molecule has 5 aliphatic rings. The first-order chi connectivity index (χ1) is 19.4. The number of hydrogen-bond acceptors (Lipinski definition) is 13. The molecule has 6 N–H and O–H groups in total. The van der Waals surface area contributed by atoms with Crippen LogP contribution in [0.4, 0.5) is 0 Å². The number of fused-ring (bicyclic) bond motifs is 5. The van der Waals surface area contributed by atoms with E-state index in [1.54, 1.807) is 6.92 Å². The van der Waals surface area contributed by atoms with Crippen molar-refractivity contribution in [2.75, 3.05) is 7.11 Å². The molecule has 1 aromatic rings. The molecule has 4 saturated carbocycles. The van der Waals surface area contributed by atoms with E-state index in [9.17, 15) is 45.0 Å². The summed E-state index contributed by atoms with van der Waals surface area (Å²) in [5, 5.41) is 74.6. The van der Waals surface area contributed by atoms with Gasteiger partial charge in [0.1, 0.15) is 35.1 Å². The van der Waals surface area contributed by atoms with E-state index < -0.39 is 99.7 Å². The molecule has 0 amide bonds. The van der Waals surface area contributed by atoms with E-state index in [2.05, 4.69) is 0 Å². The average Bonchev–Trinajstić information content (AvgIpc) is 3.56. The van der Waals surface area contributed by atoms with Gasteiger partial charge in [-0.3, -0.25) is 9.59 Å². The largest absolute Gasteiger partial charge is 0.472 e. The van der Waals surface area contributed by atoms with Gasteiger partial charge in [0.2, 0.25) is 0 Å². The first kappa shape index (κ1) is 29.3. The summed E-state index contributed by atoms with van der Waals surface area (Å²) in [6.45, 7) is 5.46. The topological polar surface area (TPSA) is 213 Å². The minimum absolute atomic E-state index is 0.315. The van der Waals surface area contributed by atoms with Gasteiger partial charge in [0.25, 0.3) is 0 Å². The van der Waals surface area contributed by atoms with Gasteiger partial charge in [0.15, 0.2) is 5.60 Å². The van der Waals surface area contributed by atoms with Crippen LogP contribution < -0.4 is 0 Å². The van der Waals surface area contributed by atoms with Crippen molar-refractivity contribution in [3.8, 4) is 0 Å². The van der Waals surface area contributed by atoms with Gasteiger partial charge in [-0.1, -0.05) is 13.8 Å². The average molecular weight is 593 g/mol. The van der Waals surface area contributed by atoms with Gasteiger partial charge in [0.05, 0.1) is 31.2 Å². The highest BCUT2D eigenvalue weighted by molar-refractivity contribution is 5.86. The summed E-state index contributed by atoms with van der Waals surface area (Å²) >= 11 is 0. The molecule has 1 aromatic heterocycles. The Morgan fingerprint density at radius 3 is 2.33 bits per heavy atom. The van der Waals surface area contributed by atoms with Crippen molar-refractivity contribution >= 4 is 17.9 Å². The molecular weight excluding hydrogens is 556 g/mol. The first-order valence-electron chi connectivity index (χ1n) is 13.8. The molecular formula is C29H36O13. The number of carbonyl (C=O) groups excluding carboxylic acids is 3. The molecule has 0 spiro atoms. The lowest BCUT2D eigenvalue weighted by Gasteiger charge is -2.75. The predicted octanol–water partition coefficient (Wildman–Crippen LogP) is -0.585. The number of aliphatic hydroxyl groups excluding tert-OH is 2. The van der Waals surface area contributed by atoms with Crippen LogP contribution >= 0.6 is 0 Å². The van der Waals surface area contributed by atoms with Crippen LogP contribution in [0.3, 0.4) is 0 Å². The van der Waals surface area contributed by atoms with E-state index in [0.717, 1.165) is 20.1 Å². The summed E-state index contributed by atoms with van der Waals surface area (Å²) in [5.74, 6) is -3.72. The zero-order valence-corrected chi connectivity index (χ0v) is 23.9. The standard InChI is InChI=1S/C29H36O13/c1-13(30)41-22-23(2)12-27(36)25(4,15(23)8-18(32)39-5)26(35)10-17(31)24(3)16(28(26,37)21(34)29(22,27)38)9-19(33)42-20(24)14-6-7-40-11-14/h6-7,9,11,15,17,20-22,31,34-38H,8,10,12H2,1-5H3/t15-,17-,20-,21-,22-,23+,24-,25-,26-,27?,28+,29+/m0/s1. The maximum absolute atomic E-state index is 13.0. The molecule has 12 atom stereocenters. The van der Waals surface area contributed by atoms with Crippen LogP contribution in [0, 0.1) is 22.2 Å². The number of esters is 3. The highest BCUT2D eigenvalue weighted by Gasteiger charge is 2.96. The Kier molecular flexibility index (Phi) is 5.72. The van der Waals surface area contributed by atoms with E-state index in [4.69, 9.17) is 18.6 Å². The van der Waals surface area contributed by atoms with Crippen molar-refractivity contribution in [1.29, 1.82) is 0 Å². The number of rotatable bonds is 4. The fourth-order valence-corrected chi connectivity index (χ4v) is 10.0. The van der Waals surface area contributed by atoms with Gasteiger partial charge in [-0.25, -0.2) is 4.79 Å². The fourth-order valence-electron chi connectivity index (χ4n) is 10.0. The second-order valence-corrected chi connectivity index (χ2v) is 13.4. The maximum Gasteiger partial charge on any atom is 0.331 e. The number of hydrogen-bond donors (Lipinski definition) is 6. The minimum Gasteiger partial charge on any atom is -0.472 e. The Bertz CT molecular complexity index is 1410. The monoisotopic (exact) mass is 592 g/mol. The van der Waals surface area contributed by atoms with Crippen LogP contribution in [0.25, 0.3) is 0 Å². The molecule has 42 heavy (non-hydrogen) atoms. The zero-order valence-electron chi connectivity index (χ0n) is 23.9. The third kappa shape index (κ3) is 2.75. The lowest BCUT2D eigenvalue weighted by atomic mass is 9.34. The van der Waals surface area contributed by atoms with E-state index in [1.807, 2.05) is 0 Å². The van der Waals surface area contributed by atoms with Crippen LogP contribution in [0.2, 0.25) is 0 Å². The summed E-state index contributed by atoms with van der Waals surface area (Å²) in [6.07, 6.45) is -4.97. The van der Waals surface area contributed by atoms with Crippen molar-refractivity contribution in [2.45, 2.75) is 93.8 Å². The van der Waals surface area contributed by atoms with Gasteiger partial charge in [-0.15, -0.1) is 0 Å². The van der Waals surface area contributed by atoms with E-state index in [-0.39, 0.29) is 12.0 Å². The molecule has 1 aliphatic heterocycles. The molecule has 4 aliphatic carbocycles. The minimum atomic E-state index is -2.95. The smallest absolute Gasteiger partial charge is 0.331 e. The summed E-state index contributed by atoms with van der Waals surface area (Å²) in [7, 11) is 1.15. The fraction of sp³-hybridized carbons (Fsp3) is 0.690. The van der Waals surface area contributed by atoms with E-state index >= 15 is 0 Å². The van der Waals surface area contributed by atoms with Gasteiger partial charge in [0, 0.05) is 42.2 Å². The number of carbonyl (C=O) groups is 3. The van der Waals surface area contributed by atoms with Gasteiger partial charge in [-0.2, -0.15) is 0 Å². The van der Waals surface area contributed by atoms with Gasteiger partial charge in [-0.05, 0) is 30.9 Å². The zero-order chi connectivity index (χ0) is 31.1. The Labute approximate surface area is 240 Å². The van der Waals surface area contributed by atoms with Crippen LogP contribution in [0.5, 0.6) is 0 Å². The molecule has 0 aromatic carbocycles. The SMILES string of the molecule is COC(=O)C[C@H]1[C@@]2(C)CC3(O)[C@@](O)([C@@H](O)[C@]4(O)C5=CC(=O)O[C@@H](c6ccoc6)[C@]5(C)[C@@H](O)C[C@]4(O)[C@]13C)[C@H]2OC(C)=O. The van der Waals surface area contributed by atoms with Gasteiger partial charge >= 0.3 is 17.9 Å². The number of furan rings is 1. The third-order valence-electron chi connectivity index (χ3n) is 11.9. The van der Waals surface area contributed by atoms with Crippen molar-refractivity contribution < 1.29 is 63.7 Å². The second-order valence-electron chi connectivity index (χ2n) is 13.4. The Hall–Kier alpha value is -2.81. The number of aliphatic hydroxyl groups is 6. The van der Waals surface area contributed by atoms with Crippen molar-refractivity contribution in [1.82, 2.24) is 0 Å². The summed E-state index contributed by atoms with van der Waals surface area (Å²) in [5.41, 5.74) is -16.1. The summed E-state index contributed by atoms with van der Waals surface area (Å²) in [4.78, 5) is 38.1. The Morgan fingerprint density at radius 2 is 1.76 bits per heavy atom. The molecule has 0 radical (unpaired) electrons. The van der Waals surface area contributed by atoms with Crippen molar-refractivity contribution in [3.05, 3.63) is 35.8 Å². The highest BCUT2D eigenvalue weighted by atomic mass is 16.6. The number of cyclic esters (lactones) is 1. The molecule has 2 bridgehead atoms. The maximum atomic E-state index is 13.0. The van der Waals surface area contributed by atoms with Crippen LogP contribution in [-0.4, -0.2) is 96.4 Å². The van der Waals surface area contributed by atoms with Gasteiger partial charge < -0.3 is 49.3 Å². The Balaban J connectivity index is 1.66. The molecule has 13 nitrogen and oxygen atoms in total. The lowest BCUT2D eigenvalue weighted by molar-refractivity contribution is -0.418. The number of ether oxygens (including phenoxy) is 3. The van der Waals surface area contributed by atoms with Crippen molar-refractivity contribution in [2.24, 2.45) is 22.2 Å². The Morgan fingerprint density at radius 1 is 1.10 bits per heavy atom. The van der Waals surface area contributed by atoms with Crippen LogP contribution in [0.1, 0.15) is 58.6 Å². The molecule has 1 unspecified atom stereocenters. The van der Waals surface area contributed by atoms with Crippen molar-refractivity contribution in [3.63, 3.8) is 0 Å². The molecule has 230 valence electrons. The van der Waals surface area contributed by atoms with E-state index in [1.165, 1.54) is 32.4 Å². The highest BCUT2D eigenvalue weighted by Crippen LogP contribution is 2.82. The number of methoxy groups -OCH3 is 1. The third-order valence-corrected chi connectivity index (χ3v) is 11.9. The lowest BCUT2D eigenvalue weighted by Crippen LogP contribution is -2.93.